The number of nitrogens with one attached hydrogen (secondary N) is 1. The van der Waals surface area contributed by atoms with Gasteiger partial charge in [-0.05, 0) is 29.2 Å². The molecule has 6 nitrogen and oxygen atoms in total. The number of carboxylic acid groups (broad SMARTS) is 1. The molecular weight excluding hydrogens is 272 g/mol. The van der Waals surface area contributed by atoms with Gasteiger partial charge in [-0.15, -0.1) is 0 Å². The number of anilines is 1. The highest BCUT2D eigenvalue weighted by atomic mass is 16.5. The third-order valence-electron chi connectivity index (χ3n) is 2.78. The number of pyridine rings is 1. The Morgan fingerprint density at radius 3 is 2.48 bits per heavy atom. The number of carbonyl (C=O) groups excluding carboxylic acids is 1. The molecule has 0 aliphatic rings. The molecule has 1 rings (SSSR count). The van der Waals surface area contributed by atoms with E-state index in [1.165, 1.54) is 7.11 Å². The van der Waals surface area contributed by atoms with Crippen LogP contribution >= 0.6 is 0 Å². The van der Waals surface area contributed by atoms with Gasteiger partial charge in [0.25, 0.3) is 0 Å². The van der Waals surface area contributed by atoms with Gasteiger partial charge in [0.2, 0.25) is 0 Å². The van der Waals surface area contributed by atoms with E-state index in [2.05, 4.69) is 15.0 Å². The maximum Gasteiger partial charge on any atom is 0.332 e. The first-order chi connectivity index (χ1) is 9.74. The van der Waals surface area contributed by atoms with Gasteiger partial charge < -0.3 is 15.2 Å². The molecule has 6 heteroatoms. The lowest BCUT2D eigenvalue weighted by Crippen LogP contribution is -2.17. The highest BCUT2D eigenvalue weighted by Gasteiger charge is 2.23. The predicted octanol–water partition coefficient (Wildman–Crippen LogP) is 2.18. The average Bonchev–Trinajstić information content (AvgIpc) is 2.41. The summed E-state index contributed by atoms with van der Waals surface area (Å²) in [5.41, 5.74) is 0.527. The molecule has 1 aromatic heterocycles. The molecule has 0 aliphatic heterocycles. The average molecular weight is 292 g/mol. The van der Waals surface area contributed by atoms with Crippen LogP contribution in [0.5, 0.6) is 0 Å². The van der Waals surface area contributed by atoms with Crippen molar-refractivity contribution in [2.75, 3.05) is 19.0 Å². The topological polar surface area (TPSA) is 88.5 Å². The second kappa shape index (κ2) is 6.88. The number of hydrogen-bond acceptors (Lipinski definition) is 5. The van der Waals surface area contributed by atoms with Crippen LogP contribution < -0.4 is 5.32 Å². The number of carboxylic acids is 1. The quantitative estimate of drug-likeness (QED) is 0.639. The van der Waals surface area contributed by atoms with E-state index in [4.69, 9.17) is 0 Å². The maximum absolute atomic E-state index is 11.3. The highest BCUT2D eigenvalue weighted by molar-refractivity contribution is 5.93. The number of aromatic nitrogens is 1. The smallest absolute Gasteiger partial charge is 0.332 e. The Morgan fingerprint density at radius 2 is 2.05 bits per heavy atom. The van der Waals surface area contributed by atoms with Gasteiger partial charge in [-0.1, -0.05) is 20.8 Å². The number of nitrogens with zero attached hydrogens (tertiary/aromatic N) is 1. The Morgan fingerprint density at radius 1 is 1.38 bits per heavy atom. The van der Waals surface area contributed by atoms with Crippen molar-refractivity contribution in [2.24, 2.45) is 5.41 Å². The van der Waals surface area contributed by atoms with Crippen LogP contribution in [0.3, 0.4) is 0 Å². The van der Waals surface area contributed by atoms with Crippen LogP contribution in [-0.2, 0) is 14.3 Å². The van der Waals surface area contributed by atoms with Crippen LogP contribution in [0.25, 0.3) is 6.08 Å². The van der Waals surface area contributed by atoms with Crippen LogP contribution in [-0.4, -0.2) is 35.7 Å². The minimum absolute atomic E-state index is 0.0288. The summed E-state index contributed by atoms with van der Waals surface area (Å²) in [6.45, 7) is 5.55. The standard InChI is InChI=1S/C15H20N2O4/c1-15(2,3)11(14(19)20)7-10-5-6-12(16-8-10)17-9-13(18)21-4/h5-8H,9H2,1-4H3,(H,16,17)(H,19,20). The van der Waals surface area contributed by atoms with Crippen molar-refractivity contribution in [1.29, 1.82) is 0 Å². The minimum Gasteiger partial charge on any atom is -0.478 e. The lowest BCUT2D eigenvalue weighted by molar-refractivity contribution is -0.138. The van der Waals surface area contributed by atoms with Crippen molar-refractivity contribution in [3.8, 4) is 0 Å². The molecular formula is C15H20N2O4. The normalized spacial score (nSPS) is 11.9. The van der Waals surface area contributed by atoms with Crippen molar-refractivity contribution >= 4 is 23.8 Å². The second-order valence-corrected chi connectivity index (χ2v) is 5.52. The summed E-state index contributed by atoms with van der Waals surface area (Å²) in [4.78, 5) is 26.4. The number of carbonyl (C=O) groups is 2. The molecule has 1 heterocycles. The molecule has 0 saturated heterocycles. The summed E-state index contributed by atoms with van der Waals surface area (Å²) >= 11 is 0. The Kier molecular flexibility index (Phi) is 5.46. The van der Waals surface area contributed by atoms with E-state index in [9.17, 15) is 14.7 Å². The summed E-state index contributed by atoms with van der Waals surface area (Å²) < 4.78 is 4.51. The zero-order valence-electron chi connectivity index (χ0n) is 12.6. The third kappa shape index (κ3) is 5.25. The van der Waals surface area contributed by atoms with E-state index in [-0.39, 0.29) is 12.5 Å². The number of hydrogen-bond donors (Lipinski definition) is 2. The van der Waals surface area contributed by atoms with Gasteiger partial charge in [-0.3, -0.25) is 4.79 Å². The van der Waals surface area contributed by atoms with Gasteiger partial charge in [-0.25, -0.2) is 9.78 Å². The fraction of sp³-hybridized carbons (Fsp3) is 0.400. The molecule has 0 spiro atoms. The molecule has 0 bridgehead atoms. The van der Waals surface area contributed by atoms with E-state index in [1.807, 2.05) is 20.8 Å². The van der Waals surface area contributed by atoms with E-state index >= 15 is 0 Å². The molecule has 1 aromatic rings. The molecule has 2 N–H and O–H groups in total. The van der Waals surface area contributed by atoms with Crippen molar-refractivity contribution in [2.45, 2.75) is 20.8 Å². The van der Waals surface area contributed by atoms with Gasteiger partial charge in [0.05, 0.1) is 7.11 Å². The molecule has 0 amide bonds. The van der Waals surface area contributed by atoms with Crippen molar-refractivity contribution in [3.63, 3.8) is 0 Å². The largest absolute Gasteiger partial charge is 0.478 e. The first kappa shape index (κ1) is 16.7. The highest BCUT2D eigenvalue weighted by Crippen LogP contribution is 2.27. The third-order valence-corrected chi connectivity index (χ3v) is 2.78. The maximum atomic E-state index is 11.3. The predicted molar refractivity (Wildman–Crippen MR) is 79.8 cm³/mol. The van der Waals surface area contributed by atoms with Crippen molar-refractivity contribution < 1.29 is 19.4 Å². The number of methoxy groups -OCH3 is 1. The molecule has 0 unspecified atom stereocenters. The first-order valence-corrected chi connectivity index (χ1v) is 6.46. The number of rotatable bonds is 5. The molecule has 21 heavy (non-hydrogen) atoms. The number of esters is 1. The summed E-state index contributed by atoms with van der Waals surface area (Å²) in [5, 5.41) is 12.1. The summed E-state index contributed by atoms with van der Waals surface area (Å²) in [7, 11) is 1.31. The van der Waals surface area contributed by atoms with E-state index in [0.29, 0.717) is 17.0 Å². The van der Waals surface area contributed by atoms with Crippen LogP contribution in [0, 0.1) is 5.41 Å². The van der Waals surface area contributed by atoms with E-state index in [0.717, 1.165) is 0 Å². The van der Waals surface area contributed by atoms with Gasteiger partial charge in [0.1, 0.15) is 12.4 Å². The van der Waals surface area contributed by atoms with Gasteiger partial charge >= 0.3 is 11.9 Å². The monoisotopic (exact) mass is 292 g/mol. The fourth-order valence-electron chi connectivity index (χ4n) is 1.60. The summed E-state index contributed by atoms with van der Waals surface area (Å²) in [6, 6.07) is 3.41. The molecule has 0 aromatic carbocycles. The van der Waals surface area contributed by atoms with Crippen molar-refractivity contribution in [1.82, 2.24) is 4.98 Å². The summed E-state index contributed by atoms with van der Waals surface area (Å²) in [6.07, 6.45) is 3.15. The molecule has 114 valence electrons. The van der Waals surface area contributed by atoms with Crippen molar-refractivity contribution in [3.05, 3.63) is 29.5 Å². The van der Waals surface area contributed by atoms with Crippen LogP contribution in [0.1, 0.15) is 26.3 Å². The fourth-order valence-corrected chi connectivity index (χ4v) is 1.60. The lowest BCUT2D eigenvalue weighted by atomic mass is 9.85. The number of aliphatic carboxylic acids is 1. The molecule has 0 saturated carbocycles. The molecule has 0 fully saturated rings. The van der Waals surface area contributed by atoms with Crippen LogP contribution in [0.4, 0.5) is 5.82 Å². The molecule has 0 aliphatic carbocycles. The van der Waals surface area contributed by atoms with Crippen LogP contribution in [0.2, 0.25) is 0 Å². The second-order valence-electron chi connectivity index (χ2n) is 5.52. The Bertz CT molecular complexity index is 542. The SMILES string of the molecule is COC(=O)CNc1ccc(C=C(C(=O)O)C(C)(C)C)cn1. The molecule has 0 atom stereocenters. The Labute approximate surface area is 123 Å². The van der Waals surface area contributed by atoms with Gasteiger partial charge in [-0.2, -0.15) is 0 Å². The van der Waals surface area contributed by atoms with Crippen LogP contribution in [0.15, 0.2) is 23.9 Å². The van der Waals surface area contributed by atoms with Gasteiger partial charge in [0.15, 0.2) is 0 Å². The minimum atomic E-state index is -0.949. The summed E-state index contributed by atoms with van der Waals surface area (Å²) in [5.74, 6) is -0.817. The zero-order valence-corrected chi connectivity index (χ0v) is 12.6. The lowest BCUT2D eigenvalue weighted by Gasteiger charge is -2.19. The zero-order chi connectivity index (χ0) is 16.0. The first-order valence-electron chi connectivity index (χ1n) is 6.46. The molecule has 0 radical (unpaired) electrons. The van der Waals surface area contributed by atoms with Gasteiger partial charge in [0, 0.05) is 11.8 Å². The van der Waals surface area contributed by atoms with E-state index < -0.39 is 11.4 Å². The number of ether oxygens (including phenoxy) is 1. The Balaban J connectivity index is 2.86. The Hall–Kier alpha value is -2.37. The van der Waals surface area contributed by atoms with E-state index in [1.54, 1.807) is 24.4 Å².